The summed E-state index contributed by atoms with van der Waals surface area (Å²) in [5.41, 5.74) is 1.49. The maximum atomic E-state index is 12.2. The molecule has 0 aliphatic rings. The van der Waals surface area contributed by atoms with Gasteiger partial charge in [0.2, 0.25) is 0 Å². The minimum absolute atomic E-state index is 0.0744. The van der Waals surface area contributed by atoms with Crippen molar-refractivity contribution in [2.24, 2.45) is 0 Å². The van der Waals surface area contributed by atoms with Crippen LogP contribution in [0.2, 0.25) is 0 Å². The van der Waals surface area contributed by atoms with Gasteiger partial charge in [0.1, 0.15) is 18.1 Å². The molecule has 2 aromatic rings. The van der Waals surface area contributed by atoms with Crippen molar-refractivity contribution in [1.29, 1.82) is 0 Å². The van der Waals surface area contributed by atoms with Crippen LogP contribution in [0.3, 0.4) is 0 Å². The Hall–Kier alpha value is -2.59. The number of allylic oxidation sites excluding steroid dienone is 1. The fourth-order valence-corrected chi connectivity index (χ4v) is 2.00. The molecular weight excluding hydrogens is 292 g/mol. The first-order chi connectivity index (χ1) is 11.2. The molecule has 0 fully saturated rings. The Morgan fingerprint density at radius 2 is 1.78 bits per heavy atom. The standard InChI is InChI=1S/C19H20O4/c1-21-11-12-23-18-8-3-5-15(13-18)9-10-19(20)16-6-4-7-17(14-16)22-2/h3-10,13-14H,11-12H2,1-2H3/b10-9+. The van der Waals surface area contributed by atoms with Crippen LogP contribution < -0.4 is 9.47 Å². The normalized spacial score (nSPS) is 10.7. The van der Waals surface area contributed by atoms with E-state index in [0.29, 0.717) is 24.5 Å². The van der Waals surface area contributed by atoms with Gasteiger partial charge in [-0.3, -0.25) is 4.79 Å². The largest absolute Gasteiger partial charge is 0.497 e. The predicted molar refractivity (Wildman–Crippen MR) is 90.2 cm³/mol. The van der Waals surface area contributed by atoms with Crippen LogP contribution in [0.15, 0.2) is 54.6 Å². The first-order valence-corrected chi connectivity index (χ1v) is 7.31. The first kappa shape index (κ1) is 16.8. The number of methoxy groups -OCH3 is 2. The van der Waals surface area contributed by atoms with Gasteiger partial charge in [0.15, 0.2) is 5.78 Å². The minimum atomic E-state index is -0.0744. The summed E-state index contributed by atoms with van der Waals surface area (Å²) in [6.45, 7) is 1.03. The van der Waals surface area contributed by atoms with Crippen LogP contribution >= 0.6 is 0 Å². The van der Waals surface area contributed by atoms with Gasteiger partial charge in [0.05, 0.1) is 13.7 Å². The van der Waals surface area contributed by atoms with Gasteiger partial charge >= 0.3 is 0 Å². The van der Waals surface area contributed by atoms with Crippen LogP contribution in [0.1, 0.15) is 15.9 Å². The van der Waals surface area contributed by atoms with Crippen molar-refractivity contribution in [3.8, 4) is 11.5 Å². The number of carbonyl (C=O) groups is 1. The van der Waals surface area contributed by atoms with Crippen LogP contribution in [0.25, 0.3) is 6.08 Å². The molecular formula is C19H20O4. The molecule has 0 atom stereocenters. The van der Waals surface area contributed by atoms with Crippen LogP contribution in [0.4, 0.5) is 0 Å². The summed E-state index contributed by atoms with van der Waals surface area (Å²) in [6.07, 6.45) is 3.31. The molecule has 0 aromatic heterocycles. The Labute approximate surface area is 136 Å². The summed E-state index contributed by atoms with van der Waals surface area (Å²) in [7, 11) is 3.21. The minimum Gasteiger partial charge on any atom is -0.497 e. The number of hydrogen-bond donors (Lipinski definition) is 0. The Bertz CT molecular complexity index is 677. The molecule has 0 saturated heterocycles. The zero-order valence-corrected chi connectivity index (χ0v) is 13.3. The van der Waals surface area contributed by atoms with E-state index in [4.69, 9.17) is 14.2 Å². The monoisotopic (exact) mass is 312 g/mol. The molecule has 120 valence electrons. The van der Waals surface area contributed by atoms with Gasteiger partial charge in [0, 0.05) is 12.7 Å². The van der Waals surface area contributed by atoms with Crippen molar-refractivity contribution in [3.63, 3.8) is 0 Å². The van der Waals surface area contributed by atoms with Crippen molar-refractivity contribution in [1.82, 2.24) is 0 Å². The lowest BCUT2D eigenvalue weighted by molar-refractivity contribution is 0.104. The van der Waals surface area contributed by atoms with Gasteiger partial charge in [-0.05, 0) is 35.9 Å². The van der Waals surface area contributed by atoms with Gasteiger partial charge in [-0.1, -0.05) is 30.3 Å². The molecule has 0 aliphatic carbocycles. The van der Waals surface area contributed by atoms with E-state index in [1.165, 1.54) is 0 Å². The average Bonchev–Trinajstić information content (AvgIpc) is 2.60. The third-order valence-corrected chi connectivity index (χ3v) is 3.20. The predicted octanol–water partition coefficient (Wildman–Crippen LogP) is 3.62. The molecule has 0 heterocycles. The molecule has 0 N–H and O–H groups in total. The van der Waals surface area contributed by atoms with Crippen molar-refractivity contribution in [2.75, 3.05) is 27.4 Å². The second-order valence-electron chi connectivity index (χ2n) is 4.84. The van der Waals surface area contributed by atoms with Gasteiger partial charge < -0.3 is 14.2 Å². The molecule has 0 aliphatic heterocycles. The molecule has 0 unspecified atom stereocenters. The van der Waals surface area contributed by atoms with Crippen LogP contribution in [0, 0.1) is 0 Å². The number of ketones is 1. The summed E-state index contributed by atoms with van der Waals surface area (Å²) in [5.74, 6) is 1.34. The van der Waals surface area contributed by atoms with E-state index in [2.05, 4.69) is 0 Å². The van der Waals surface area contributed by atoms with E-state index < -0.39 is 0 Å². The van der Waals surface area contributed by atoms with Gasteiger partial charge in [-0.25, -0.2) is 0 Å². The summed E-state index contributed by atoms with van der Waals surface area (Å²) in [4.78, 5) is 12.2. The lowest BCUT2D eigenvalue weighted by Gasteiger charge is -2.05. The lowest BCUT2D eigenvalue weighted by Crippen LogP contribution is -2.04. The highest BCUT2D eigenvalue weighted by Gasteiger charge is 2.03. The average molecular weight is 312 g/mol. The number of carbonyl (C=O) groups excluding carboxylic acids is 1. The zero-order chi connectivity index (χ0) is 16.5. The van der Waals surface area contributed by atoms with E-state index in [1.807, 2.05) is 24.3 Å². The molecule has 0 saturated carbocycles. The van der Waals surface area contributed by atoms with Gasteiger partial charge in [0.25, 0.3) is 0 Å². The maximum absolute atomic E-state index is 12.2. The number of benzene rings is 2. The van der Waals surface area contributed by atoms with E-state index in [-0.39, 0.29) is 5.78 Å². The second kappa shape index (κ2) is 8.76. The van der Waals surface area contributed by atoms with Crippen LogP contribution in [-0.2, 0) is 4.74 Å². The van der Waals surface area contributed by atoms with E-state index in [0.717, 1.165) is 11.3 Å². The van der Waals surface area contributed by atoms with E-state index >= 15 is 0 Å². The van der Waals surface area contributed by atoms with Gasteiger partial charge in [-0.15, -0.1) is 0 Å². The smallest absolute Gasteiger partial charge is 0.185 e. The summed E-state index contributed by atoms with van der Waals surface area (Å²) >= 11 is 0. The Morgan fingerprint density at radius 1 is 1.00 bits per heavy atom. The summed E-state index contributed by atoms with van der Waals surface area (Å²) < 4.78 is 15.6. The van der Waals surface area contributed by atoms with Crippen molar-refractivity contribution >= 4 is 11.9 Å². The molecule has 2 aromatic carbocycles. The molecule has 4 heteroatoms. The fourth-order valence-electron chi connectivity index (χ4n) is 2.00. The van der Waals surface area contributed by atoms with Crippen molar-refractivity contribution in [2.45, 2.75) is 0 Å². The number of ether oxygens (including phenoxy) is 3. The highest BCUT2D eigenvalue weighted by Crippen LogP contribution is 2.16. The van der Waals surface area contributed by atoms with Crippen molar-refractivity contribution in [3.05, 3.63) is 65.7 Å². The third kappa shape index (κ3) is 5.27. The lowest BCUT2D eigenvalue weighted by atomic mass is 10.1. The molecule has 0 amide bonds. The Kier molecular flexibility index (Phi) is 6.39. The van der Waals surface area contributed by atoms with Gasteiger partial charge in [-0.2, -0.15) is 0 Å². The van der Waals surface area contributed by atoms with E-state index in [9.17, 15) is 4.79 Å². The number of hydrogen-bond acceptors (Lipinski definition) is 4. The highest BCUT2D eigenvalue weighted by atomic mass is 16.5. The van der Waals surface area contributed by atoms with Crippen LogP contribution in [-0.4, -0.2) is 33.2 Å². The zero-order valence-electron chi connectivity index (χ0n) is 13.3. The number of rotatable bonds is 8. The Balaban J connectivity index is 2.04. The Morgan fingerprint density at radius 3 is 2.57 bits per heavy atom. The third-order valence-electron chi connectivity index (χ3n) is 3.20. The molecule has 2 rings (SSSR count). The fraction of sp³-hybridized carbons (Fsp3) is 0.211. The summed E-state index contributed by atoms with van der Waals surface area (Å²) in [5, 5.41) is 0. The highest BCUT2D eigenvalue weighted by molar-refractivity contribution is 6.07. The topological polar surface area (TPSA) is 44.8 Å². The summed E-state index contributed by atoms with van der Waals surface area (Å²) in [6, 6.07) is 14.6. The molecule has 4 nitrogen and oxygen atoms in total. The van der Waals surface area contributed by atoms with E-state index in [1.54, 1.807) is 50.6 Å². The molecule has 0 radical (unpaired) electrons. The first-order valence-electron chi connectivity index (χ1n) is 7.31. The van der Waals surface area contributed by atoms with Crippen molar-refractivity contribution < 1.29 is 19.0 Å². The SMILES string of the molecule is COCCOc1cccc(/C=C/C(=O)c2cccc(OC)c2)c1. The quantitative estimate of drug-likeness (QED) is 0.424. The molecule has 0 bridgehead atoms. The van der Waals surface area contributed by atoms with Crippen LogP contribution in [0.5, 0.6) is 11.5 Å². The second-order valence-corrected chi connectivity index (χ2v) is 4.84. The molecule has 23 heavy (non-hydrogen) atoms. The molecule has 0 spiro atoms. The maximum Gasteiger partial charge on any atom is 0.185 e.